The number of halogens is 3. The fourth-order valence-electron chi connectivity index (χ4n) is 4.32. The molecule has 0 aliphatic carbocycles. The van der Waals surface area contributed by atoms with Gasteiger partial charge < -0.3 is 13.9 Å². The summed E-state index contributed by atoms with van der Waals surface area (Å²) in [5, 5.41) is 6.04. The van der Waals surface area contributed by atoms with Crippen LogP contribution in [-0.4, -0.2) is 23.0 Å². The van der Waals surface area contributed by atoms with Crippen LogP contribution in [0.15, 0.2) is 104 Å². The predicted molar refractivity (Wildman–Crippen MR) is 161 cm³/mol. The van der Waals surface area contributed by atoms with E-state index in [0.717, 1.165) is 10.9 Å². The molecule has 204 valence electrons. The third-order valence-electron chi connectivity index (χ3n) is 6.38. The van der Waals surface area contributed by atoms with E-state index >= 15 is 0 Å². The van der Waals surface area contributed by atoms with E-state index in [1.807, 2.05) is 36.4 Å². The number of benzene rings is 4. The van der Waals surface area contributed by atoms with Gasteiger partial charge in [-0.2, -0.15) is 9.78 Å². The zero-order valence-electron chi connectivity index (χ0n) is 21.5. The van der Waals surface area contributed by atoms with Gasteiger partial charge >= 0.3 is 0 Å². The summed E-state index contributed by atoms with van der Waals surface area (Å²) in [7, 11) is 1.49. The highest BCUT2D eigenvalue weighted by molar-refractivity contribution is 9.10. The maximum absolute atomic E-state index is 13.6. The Morgan fingerprint density at radius 3 is 2.61 bits per heavy atom. The van der Waals surface area contributed by atoms with Gasteiger partial charge in [-0.05, 0) is 64.0 Å². The van der Waals surface area contributed by atoms with Crippen molar-refractivity contribution < 1.29 is 18.3 Å². The molecule has 0 aliphatic heterocycles. The van der Waals surface area contributed by atoms with Crippen molar-refractivity contribution in [1.82, 2.24) is 9.66 Å². The van der Waals surface area contributed by atoms with Crippen molar-refractivity contribution in [3.8, 4) is 23.1 Å². The largest absolute Gasteiger partial charge is 0.493 e. The zero-order valence-corrected chi connectivity index (χ0v) is 23.8. The first-order chi connectivity index (χ1) is 19.9. The average molecular weight is 633 g/mol. The van der Waals surface area contributed by atoms with E-state index in [2.05, 4.69) is 21.0 Å². The molecule has 2 heterocycles. The van der Waals surface area contributed by atoms with Crippen molar-refractivity contribution in [3.05, 3.63) is 122 Å². The Kier molecular flexibility index (Phi) is 7.30. The van der Waals surface area contributed by atoms with Gasteiger partial charge in [0.15, 0.2) is 17.3 Å². The number of methoxy groups -OCH3 is 1. The molecule has 2 aromatic heterocycles. The summed E-state index contributed by atoms with van der Waals surface area (Å²) < 4.78 is 32.4. The number of fused-ring (bicyclic) bond motifs is 2. The second-order valence-corrected chi connectivity index (χ2v) is 10.2. The number of rotatable bonds is 7. The lowest BCUT2D eigenvalue weighted by Gasteiger charge is -2.15. The average Bonchev–Trinajstić information content (AvgIpc) is 3.43. The smallest absolute Gasteiger partial charge is 0.282 e. The van der Waals surface area contributed by atoms with E-state index in [0.29, 0.717) is 43.8 Å². The normalized spacial score (nSPS) is 11.5. The first kappa shape index (κ1) is 26.7. The lowest BCUT2D eigenvalue weighted by Crippen LogP contribution is -2.20. The molecule has 0 aliphatic rings. The Bertz CT molecular complexity index is 1970. The molecule has 0 atom stereocenters. The molecule has 10 heteroatoms. The number of hydrogen-bond donors (Lipinski definition) is 0. The van der Waals surface area contributed by atoms with E-state index in [1.54, 1.807) is 36.4 Å². The van der Waals surface area contributed by atoms with Crippen LogP contribution in [0.4, 0.5) is 4.39 Å². The molecule has 0 unspecified atom stereocenters. The van der Waals surface area contributed by atoms with E-state index in [9.17, 15) is 9.18 Å². The highest BCUT2D eigenvalue weighted by Gasteiger charge is 2.19. The molecule has 0 fully saturated rings. The molecule has 7 nitrogen and oxygen atoms in total. The lowest BCUT2D eigenvalue weighted by atomic mass is 10.2. The molecule has 6 rings (SSSR count). The Morgan fingerprint density at radius 2 is 1.83 bits per heavy atom. The van der Waals surface area contributed by atoms with Gasteiger partial charge in [-0.1, -0.05) is 54.1 Å². The topological polar surface area (TPSA) is 78.9 Å². The van der Waals surface area contributed by atoms with Crippen LogP contribution in [0.1, 0.15) is 11.1 Å². The Balaban J connectivity index is 1.42. The molecule has 0 radical (unpaired) electrons. The minimum atomic E-state index is -0.365. The minimum absolute atomic E-state index is 0.148. The summed E-state index contributed by atoms with van der Waals surface area (Å²) in [6.07, 6.45) is 1.48. The summed E-state index contributed by atoms with van der Waals surface area (Å²) in [5.41, 5.74) is 2.10. The van der Waals surface area contributed by atoms with Gasteiger partial charge in [0.2, 0.25) is 5.82 Å². The second kappa shape index (κ2) is 11.2. The van der Waals surface area contributed by atoms with Crippen LogP contribution >= 0.6 is 27.5 Å². The molecular weight excluding hydrogens is 613 g/mol. The first-order valence-corrected chi connectivity index (χ1v) is 13.6. The molecule has 4 aromatic carbocycles. The van der Waals surface area contributed by atoms with E-state index < -0.39 is 0 Å². The van der Waals surface area contributed by atoms with Crippen molar-refractivity contribution in [2.45, 2.75) is 6.61 Å². The fourth-order valence-corrected chi connectivity index (χ4v) is 4.98. The Morgan fingerprint density at radius 1 is 1.07 bits per heavy atom. The van der Waals surface area contributed by atoms with Crippen LogP contribution < -0.4 is 15.0 Å². The van der Waals surface area contributed by atoms with Gasteiger partial charge in [0.05, 0.1) is 24.2 Å². The zero-order chi connectivity index (χ0) is 28.5. The van der Waals surface area contributed by atoms with E-state index in [4.69, 9.17) is 30.5 Å². The number of ether oxygens (including phenoxy) is 2. The standard InChI is InChI=1S/C31H20BrClFN3O4/c1-39-25-15-20(27(32)28(33)29(25)40-17-18-10-12-21(34)13-11-18)16-35-37-30(26-14-19-6-2-5-9-24(19)41-26)36-23-8-4-3-7-22(23)31(37)38/h2-16H,17H2,1H3. The second-order valence-electron chi connectivity index (χ2n) is 9.00. The van der Waals surface area contributed by atoms with Crippen molar-refractivity contribution in [2.24, 2.45) is 5.10 Å². The summed E-state index contributed by atoms with van der Waals surface area (Å²) in [4.78, 5) is 18.3. The van der Waals surface area contributed by atoms with Crippen LogP contribution in [0.2, 0.25) is 5.02 Å². The molecule has 6 aromatic rings. The van der Waals surface area contributed by atoms with Gasteiger partial charge in [0.25, 0.3) is 5.56 Å². The highest BCUT2D eigenvalue weighted by Crippen LogP contribution is 2.42. The van der Waals surface area contributed by atoms with Gasteiger partial charge in [-0.25, -0.2) is 9.37 Å². The van der Waals surface area contributed by atoms with Gasteiger partial charge in [-0.3, -0.25) is 4.79 Å². The molecule has 0 saturated heterocycles. The van der Waals surface area contributed by atoms with Crippen molar-refractivity contribution in [3.63, 3.8) is 0 Å². The predicted octanol–water partition coefficient (Wildman–Crippen LogP) is 7.83. The quantitative estimate of drug-likeness (QED) is 0.168. The minimum Gasteiger partial charge on any atom is -0.493 e. The molecule has 41 heavy (non-hydrogen) atoms. The van der Waals surface area contributed by atoms with Crippen LogP contribution in [0.25, 0.3) is 33.5 Å². The number of aromatic nitrogens is 2. The molecule has 0 bridgehead atoms. The third-order valence-corrected chi connectivity index (χ3v) is 7.83. The SMILES string of the molecule is COc1cc(C=Nn2c(-c3cc4ccccc4o3)nc3ccccc3c2=O)c(Br)c(Cl)c1OCc1ccc(F)cc1. The van der Waals surface area contributed by atoms with Crippen molar-refractivity contribution in [2.75, 3.05) is 7.11 Å². The van der Waals surface area contributed by atoms with Crippen LogP contribution in [0.3, 0.4) is 0 Å². The molecule has 0 N–H and O–H groups in total. The molecule has 0 saturated carbocycles. The van der Waals surface area contributed by atoms with Gasteiger partial charge in [-0.15, -0.1) is 0 Å². The fraction of sp³-hybridized carbons (Fsp3) is 0.0645. The first-order valence-electron chi connectivity index (χ1n) is 12.4. The van der Waals surface area contributed by atoms with E-state index in [1.165, 1.54) is 30.1 Å². The number of furan rings is 1. The summed E-state index contributed by atoms with van der Waals surface area (Å²) in [6, 6.07) is 24.1. The highest BCUT2D eigenvalue weighted by atomic mass is 79.9. The van der Waals surface area contributed by atoms with Crippen LogP contribution in [0.5, 0.6) is 11.5 Å². The van der Waals surface area contributed by atoms with Crippen LogP contribution in [0, 0.1) is 5.82 Å². The summed E-state index contributed by atoms with van der Waals surface area (Å²) in [5.74, 6) is 0.957. The molecule has 0 spiro atoms. The Hall–Kier alpha value is -4.47. The van der Waals surface area contributed by atoms with E-state index in [-0.39, 0.29) is 28.8 Å². The number of hydrogen-bond acceptors (Lipinski definition) is 6. The van der Waals surface area contributed by atoms with Crippen molar-refractivity contribution >= 4 is 55.6 Å². The van der Waals surface area contributed by atoms with Crippen LogP contribution in [-0.2, 0) is 6.61 Å². The van der Waals surface area contributed by atoms with Gasteiger partial charge in [0, 0.05) is 15.4 Å². The maximum atomic E-state index is 13.6. The van der Waals surface area contributed by atoms with Gasteiger partial charge in [0.1, 0.15) is 23.0 Å². The number of para-hydroxylation sites is 2. The Labute approximate surface area is 246 Å². The monoisotopic (exact) mass is 631 g/mol. The molecular formula is C31H20BrClFN3O4. The summed E-state index contributed by atoms with van der Waals surface area (Å²) >= 11 is 10.2. The number of nitrogens with zero attached hydrogens (tertiary/aromatic N) is 3. The van der Waals surface area contributed by atoms with Crippen molar-refractivity contribution in [1.29, 1.82) is 0 Å². The third kappa shape index (κ3) is 5.21. The lowest BCUT2D eigenvalue weighted by molar-refractivity contribution is 0.284. The molecule has 0 amide bonds. The summed E-state index contributed by atoms with van der Waals surface area (Å²) in [6.45, 7) is 0.148. The maximum Gasteiger partial charge on any atom is 0.282 e.